The molecule has 4 rings (SSSR count). The largest absolute Gasteiger partial charge is 0.497 e. The van der Waals surface area contributed by atoms with E-state index >= 15 is 0 Å². The number of nitrogens with zero attached hydrogens (tertiary/aromatic N) is 3. The van der Waals surface area contributed by atoms with Crippen molar-refractivity contribution in [3.8, 4) is 11.5 Å². The molecule has 176 valence electrons. The summed E-state index contributed by atoms with van der Waals surface area (Å²) in [6, 6.07) is 13.6. The maximum atomic E-state index is 13.1. The van der Waals surface area contributed by atoms with Crippen LogP contribution in [-0.2, 0) is 11.3 Å². The van der Waals surface area contributed by atoms with Gasteiger partial charge in [0.1, 0.15) is 17.6 Å². The number of hydrogen-bond donors (Lipinski definition) is 0. The number of fused-ring (bicyclic) bond motifs is 1. The number of piperazine rings is 1. The standard InChI is InChI=1S/C26H33N3O4/c1-4-23-17-27(16-21-15-24(32-3)9-10-25(21)33-23)18-26(31)29-13-11-28(12-14-29)22-7-5-20(6-8-22)19(2)30/h5-10,15,23H,4,11-14,16-18H2,1-3H3/t23-/m1/s1. The average Bonchev–Trinajstić information content (AvgIpc) is 3.02. The van der Waals surface area contributed by atoms with Gasteiger partial charge in [0.15, 0.2) is 5.78 Å². The quantitative estimate of drug-likeness (QED) is 0.629. The van der Waals surface area contributed by atoms with Crippen LogP contribution in [0.15, 0.2) is 42.5 Å². The predicted octanol–water partition coefficient (Wildman–Crippen LogP) is 3.22. The summed E-state index contributed by atoms with van der Waals surface area (Å²) in [4.78, 5) is 31.0. The molecule has 1 atom stereocenters. The molecule has 0 bridgehead atoms. The lowest BCUT2D eigenvalue weighted by atomic mass is 10.1. The van der Waals surface area contributed by atoms with Crippen LogP contribution in [0.4, 0.5) is 5.69 Å². The third-order valence-electron chi connectivity index (χ3n) is 6.50. The molecule has 2 heterocycles. The molecule has 33 heavy (non-hydrogen) atoms. The zero-order valence-electron chi connectivity index (χ0n) is 19.8. The number of ether oxygens (including phenoxy) is 2. The van der Waals surface area contributed by atoms with Gasteiger partial charge < -0.3 is 19.3 Å². The number of ketones is 1. The molecule has 0 N–H and O–H groups in total. The summed E-state index contributed by atoms with van der Waals surface area (Å²) in [7, 11) is 1.66. The van der Waals surface area contributed by atoms with Gasteiger partial charge in [-0.05, 0) is 55.8 Å². The van der Waals surface area contributed by atoms with Crippen molar-refractivity contribution in [2.75, 3.05) is 51.3 Å². The second kappa shape index (κ2) is 10.3. The zero-order chi connectivity index (χ0) is 23.4. The Morgan fingerprint density at radius 2 is 1.79 bits per heavy atom. The predicted molar refractivity (Wildman–Crippen MR) is 128 cm³/mol. The van der Waals surface area contributed by atoms with Gasteiger partial charge in [0.25, 0.3) is 0 Å². The van der Waals surface area contributed by atoms with E-state index in [1.807, 2.05) is 47.4 Å². The van der Waals surface area contributed by atoms with Crippen LogP contribution in [-0.4, -0.2) is 74.0 Å². The molecule has 7 nitrogen and oxygen atoms in total. The Bertz CT molecular complexity index is 984. The van der Waals surface area contributed by atoms with Gasteiger partial charge in [0.2, 0.25) is 5.91 Å². The van der Waals surface area contributed by atoms with E-state index in [0.717, 1.165) is 54.4 Å². The molecule has 0 spiro atoms. The number of carbonyl (C=O) groups is 2. The van der Waals surface area contributed by atoms with Crippen molar-refractivity contribution in [2.24, 2.45) is 0 Å². The molecule has 2 aliphatic heterocycles. The van der Waals surface area contributed by atoms with Crippen molar-refractivity contribution in [1.82, 2.24) is 9.80 Å². The lowest BCUT2D eigenvalue weighted by molar-refractivity contribution is -0.133. The summed E-state index contributed by atoms with van der Waals surface area (Å²) < 4.78 is 11.6. The highest BCUT2D eigenvalue weighted by Crippen LogP contribution is 2.29. The number of benzene rings is 2. The molecular weight excluding hydrogens is 418 g/mol. The molecule has 0 aromatic heterocycles. The van der Waals surface area contributed by atoms with Crippen molar-refractivity contribution >= 4 is 17.4 Å². The molecule has 2 aromatic rings. The lowest BCUT2D eigenvalue weighted by Gasteiger charge is -2.37. The Hall–Kier alpha value is -3.06. The molecule has 0 radical (unpaired) electrons. The van der Waals surface area contributed by atoms with Crippen molar-refractivity contribution in [1.29, 1.82) is 0 Å². The van der Waals surface area contributed by atoms with Crippen LogP contribution in [0.3, 0.4) is 0 Å². The van der Waals surface area contributed by atoms with Gasteiger partial charge in [-0.3, -0.25) is 14.5 Å². The molecule has 1 amide bonds. The third kappa shape index (κ3) is 5.47. The van der Waals surface area contributed by atoms with Crippen molar-refractivity contribution in [2.45, 2.75) is 32.9 Å². The van der Waals surface area contributed by atoms with Gasteiger partial charge >= 0.3 is 0 Å². The molecule has 7 heteroatoms. The van der Waals surface area contributed by atoms with Gasteiger partial charge in [-0.1, -0.05) is 6.92 Å². The van der Waals surface area contributed by atoms with Crippen LogP contribution in [0.1, 0.15) is 36.2 Å². The number of methoxy groups -OCH3 is 1. The molecule has 1 fully saturated rings. The molecule has 1 saturated heterocycles. The van der Waals surface area contributed by atoms with Crippen LogP contribution in [0.25, 0.3) is 0 Å². The van der Waals surface area contributed by atoms with E-state index in [1.165, 1.54) is 0 Å². The summed E-state index contributed by atoms with van der Waals surface area (Å²) in [5.41, 5.74) is 2.86. The van der Waals surface area contributed by atoms with Gasteiger partial charge in [-0.25, -0.2) is 0 Å². The second-order valence-electron chi connectivity index (χ2n) is 8.76. The third-order valence-corrected chi connectivity index (χ3v) is 6.50. The van der Waals surface area contributed by atoms with Crippen LogP contribution >= 0.6 is 0 Å². The summed E-state index contributed by atoms with van der Waals surface area (Å²) >= 11 is 0. The van der Waals surface area contributed by atoms with Crippen LogP contribution in [0, 0.1) is 0 Å². The van der Waals surface area contributed by atoms with Crippen LogP contribution in [0.2, 0.25) is 0 Å². The minimum absolute atomic E-state index is 0.0577. The number of anilines is 1. The molecular formula is C26H33N3O4. The Morgan fingerprint density at radius 3 is 2.42 bits per heavy atom. The summed E-state index contributed by atoms with van der Waals surface area (Å²) in [6.45, 7) is 8.41. The van der Waals surface area contributed by atoms with Crippen molar-refractivity contribution in [3.05, 3.63) is 53.6 Å². The fraction of sp³-hybridized carbons (Fsp3) is 0.462. The average molecular weight is 452 g/mol. The first-order chi connectivity index (χ1) is 16.0. The zero-order valence-corrected chi connectivity index (χ0v) is 19.8. The van der Waals surface area contributed by atoms with E-state index in [1.54, 1.807) is 14.0 Å². The van der Waals surface area contributed by atoms with E-state index in [-0.39, 0.29) is 17.8 Å². The normalized spacial score (nSPS) is 18.8. The van der Waals surface area contributed by atoms with Crippen LogP contribution < -0.4 is 14.4 Å². The highest BCUT2D eigenvalue weighted by Gasteiger charge is 2.27. The first-order valence-corrected chi connectivity index (χ1v) is 11.7. The number of rotatable bonds is 6. The molecule has 0 aliphatic carbocycles. The molecule has 0 saturated carbocycles. The Morgan fingerprint density at radius 1 is 1.06 bits per heavy atom. The SMILES string of the molecule is CC[C@@H]1CN(CC(=O)N2CCN(c3ccc(C(C)=O)cc3)CC2)Cc2cc(OC)ccc2O1. The number of carbonyl (C=O) groups excluding carboxylic acids is 2. The lowest BCUT2D eigenvalue weighted by Crippen LogP contribution is -2.51. The van der Waals surface area contributed by atoms with Gasteiger partial charge in [0.05, 0.1) is 13.7 Å². The topological polar surface area (TPSA) is 62.3 Å². The smallest absolute Gasteiger partial charge is 0.236 e. The monoisotopic (exact) mass is 451 g/mol. The van der Waals surface area contributed by atoms with Gasteiger partial charge in [-0.15, -0.1) is 0 Å². The van der Waals surface area contributed by atoms with Gasteiger partial charge in [-0.2, -0.15) is 0 Å². The molecule has 0 unspecified atom stereocenters. The fourth-order valence-corrected chi connectivity index (χ4v) is 4.48. The first-order valence-electron chi connectivity index (χ1n) is 11.7. The van der Waals surface area contributed by atoms with E-state index in [9.17, 15) is 9.59 Å². The Balaban J connectivity index is 1.36. The minimum Gasteiger partial charge on any atom is -0.497 e. The highest BCUT2D eigenvalue weighted by atomic mass is 16.5. The van der Waals surface area contributed by atoms with E-state index in [0.29, 0.717) is 26.2 Å². The molecule has 2 aliphatic rings. The summed E-state index contributed by atoms with van der Waals surface area (Å²) in [5, 5.41) is 0. The minimum atomic E-state index is 0.0577. The van der Waals surface area contributed by atoms with E-state index in [2.05, 4.69) is 16.7 Å². The number of hydrogen-bond acceptors (Lipinski definition) is 6. The Kier molecular flexibility index (Phi) is 7.18. The summed E-state index contributed by atoms with van der Waals surface area (Å²) in [6.07, 6.45) is 0.944. The first kappa shape index (κ1) is 23.1. The summed E-state index contributed by atoms with van der Waals surface area (Å²) in [5.74, 6) is 1.90. The maximum Gasteiger partial charge on any atom is 0.236 e. The van der Waals surface area contributed by atoms with E-state index < -0.39 is 0 Å². The second-order valence-corrected chi connectivity index (χ2v) is 8.76. The van der Waals surface area contributed by atoms with Gasteiger partial charge in [0, 0.05) is 56.1 Å². The number of Topliss-reactive ketones (excluding diaryl/α,β-unsaturated/α-hetero) is 1. The Labute approximate surface area is 195 Å². The van der Waals surface area contributed by atoms with Crippen molar-refractivity contribution < 1.29 is 19.1 Å². The van der Waals surface area contributed by atoms with Crippen molar-refractivity contribution in [3.63, 3.8) is 0 Å². The molecule has 2 aromatic carbocycles. The van der Waals surface area contributed by atoms with Crippen LogP contribution in [0.5, 0.6) is 11.5 Å². The highest BCUT2D eigenvalue weighted by molar-refractivity contribution is 5.94. The fourth-order valence-electron chi connectivity index (χ4n) is 4.48. The van der Waals surface area contributed by atoms with E-state index in [4.69, 9.17) is 9.47 Å². The number of amides is 1. The maximum absolute atomic E-state index is 13.1.